The second kappa shape index (κ2) is 5.43. The van der Waals surface area contributed by atoms with Crippen molar-refractivity contribution in [3.8, 4) is 6.07 Å². The first-order valence-electron chi connectivity index (χ1n) is 6.39. The molecule has 0 bridgehead atoms. The van der Waals surface area contributed by atoms with E-state index >= 15 is 0 Å². The molecule has 1 rings (SSSR count). The molecule has 0 unspecified atom stereocenters. The van der Waals surface area contributed by atoms with Gasteiger partial charge in [-0.1, -0.05) is 18.9 Å². The highest BCUT2D eigenvalue weighted by Crippen LogP contribution is 2.41. The number of rotatable bonds is 3. The van der Waals surface area contributed by atoms with Gasteiger partial charge < -0.3 is 10.0 Å². The average molecular weight is 250 g/mol. The minimum Gasteiger partial charge on any atom is -0.465 e. The smallest absolute Gasteiger partial charge is 0.407 e. The molecule has 0 saturated heterocycles. The summed E-state index contributed by atoms with van der Waals surface area (Å²) >= 11 is 0. The van der Waals surface area contributed by atoms with Crippen molar-refractivity contribution >= 4 is 6.09 Å². The maximum Gasteiger partial charge on any atom is 0.407 e. The lowest BCUT2D eigenvalue weighted by Gasteiger charge is -2.39. The molecule has 100 valence electrons. The summed E-state index contributed by atoms with van der Waals surface area (Å²) in [5, 5.41) is 18.0. The van der Waals surface area contributed by atoms with Crippen molar-refractivity contribution in [1.82, 2.24) is 4.90 Å². The van der Waals surface area contributed by atoms with E-state index in [4.69, 9.17) is 5.26 Å². The minimum absolute atomic E-state index is 0.151. The van der Waals surface area contributed by atoms with Crippen molar-refractivity contribution in [1.29, 1.82) is 5.26 Å². The Hall–Kier alpha value is -1.50. The normalized spacial score (nSPS) is 18.8. The van der Waals surface area contributed by atoms with Crippen LogP contribution in [0.4, 0.5) is 4.79 Å². The zero-order valence-corrected chi connectivity index (χ0v) is 11.4. The van der Waals surface area contributed by atoms with Gasteiger partial charge in [-0.3, -0.25) is 0 Å². The molecule has 0 atom stereocenters. The number of carbonyl (C=O) groups is 1. The van der Waals surface area contributed by atoms with Gasteiger partial charge in [0, 0.05) is 23.6 Å². The Labute approximate surface area is 109 Å². The van der Waals surface area contributed by atoms with Crippen LogP contribution in [0, 0.1) is 16.7 Å². The zero-order chi connectivity index (χ0) is 13.8. The zero-order valence-electron chi connectivity index (χ0n) is 11.4. The molecule has 0 aromatic carbocycles. The van der Waals surface area contributed by atoms with E-state index in [0.717, 1.165) is 25.7 Å². The van der Waals surface area contributed by atoms with Crippen molar-refractivity contribution in [3.05, 3.63) is 12.2 Å². The molecule has 0 aromatic heterocycles. The predicted molar refractivity (Wildman–Crippen MR) is 70.1 cm³/mol. The summed E-state index contributed by atoms with van der Waals surface area (Å²) in [5.41, 5.74) is -0.566. The van der Waals surface area contributed by atoms with Gasteiger partial charge in [-0.15, -0.1) is 0 Å². The fourth-order valence-electron chi connectivity index (χ4n) is 2.58. The van der Waals surface area contributed by atoms with Crippen LogP contribution in [0.25, 0.3) is 0 Å². The van der Waals surface area contributed by atoms with Crippen LogP contribution in [0.1, 0.15) is 46.5 Å². The Kier molecular flexibility index (Phi) is 4.39. The van der Waals surface area contributed by atoms with Gasteiger partial charge in [0.15, 0.2) is 0 Å². The van der Waals surface area contributed by atoms with Gasteiger partial charge in [0.25, 0.3) is 0 Å². The van der Waals surface area contributed by atoms with Gasteiger partial charge in [0.05, 0.1) is 6.07 Å². The number of amides is 1. The molecule has 1 saturated carbocycles. The van der Waals surface area contributed by atoms with E-state index in [1.807, 2.05) is 32.9 Å². The molecule has 1 aliphatic rings. The fourth-order valence-corrected chi connectivity index (χ4v) is 2.58. The monoisotopic (exact) mass is 250 g/mol. The molecule has 0 radical (unpaired) electrons. The summed E-state index contributed by atoms with van der Waals surface area (Å²) in [4.78, 5) is 12.9. The highest BCUT2D eigenvalue weighted by atomic mass is 16.4. The van der Waals surface area contributed by atoms with E-state index in [9.17, 15) is 9.90 Å². The van der Waals surface area contributed by atoms with Crippen molar-refractivity contribution in [2.75, 3.05) is 6.54 Å². The van der Waals surface area contributed by atoms with Gasteiger partial charge in [0.2, 0.25) is 0 Å². The van der Waals surface area contributed by atoms with Crippen molar-refractivity contribution < 1.29 is 9.90 Å². The molecule has 1 amide bonds. The maximum absolute atomic E-state index is 11.4. The Bertz CT molecular complexity index is 368. The van der Waals surface area contributed by atoms with E-state index in [2.05, 4.69) is 0 Å². The van der Waals surface area contributed by atoms with Crippen molar-refractivity contribution in [2.45, 2.75) is 52.0 Å². The first kappa shape index (κ1) is 14.6. The average Bonchev–Trinajstić information content (AvgIpc) is 2.70. The first-order valence-corrected chi connectivity index (χ1v) is 6.39. The fraction of sp³-hybridized carbons (Fsp3) is 0.714. The number of hydrogen-bond donors (Lipinski definition) is 1. The third kappa shape index (κ3) is 3.49. The Morgan fingerprint density at radius 1 is 1.44 bits per heavy atom. The molecule has 0 heterocycles. The molecular formula is C14H22N2O2. The summed E-state index contributed by atoms with van der Waals surface area (Å²) < 4.78 is 0. The second-order valence-electron chi connectivity index (χ2n) is 6.07. The standard InChI is InChI=1S/C14H22N2O2/c1-13(2,3)16(12(17)18)11-14(9-6-10-15)7-4-5-8-14/h6,9H,4-5,7-8,11H2,1-3H3,(H,17,18). The summed E-state index contributed by atoms with van der Waals surface area (Å²) in [6.45, 7) is 6.18. The first-order chi connectivity index (χ1) is 8.31. The Balaban J connectivity index is 2.92. The quantitative estimate of drug-likeness (QED) is 0.781. The molecule has 1 fully saturated rings. The van der Waals surface area contributed by atoms with Crippen LogP contribution < -0.4 is 0 Å². The minimum atomic E-state index is -0.890. The molecule has 0 aromatic rings. The highest BCUT2D eigenvalue weighted by molar-refractivity contribution is 5.66. The lowest BCUT2D eigenvalue weighted by atomic mass is 9.84. The third-order valence-corrected chi connectivity index (χ3v) is 3.62. The summed E-state index contributed by atoms with van der Waals surface area (Å²) in [6.07, 6.45) is 6.64. The van der Waals surface area contributed by atoms with E-state index in [1.165, 1.54) is 11.0 Å². The summed E-state index contributed by atoms with van der Waals surface area (Å²) in [5.74, 6) is 0. The van der Waals surface area contributed by atoms with Crippen LogP contribution in [0.2, 0.25) is 0 Å². The topological polar surface area (TPSA) is 64.3 Å². The van der Waals surface area contributed by atoms with Crippen LogP contribution in [0.15, 0.2) is 12.2 Å². The molecule has 0 aliphatic heterocycles. The van der Waals surface area contributed by atoms with Gasteiger partial charge in [-0.2, -0.15) is 5.26 Å². The van der Waals surface area contributed by atoms with E-state index in [-0.39, 0.29) is 5.41 Å². The lowest BCUT2D eigenvalue weighted by Crippen LogP contribution is -2.49. The maximum atomic E-state index is 11.4. The molecule has 1 N–H and O–H groups in total. The van der Waals surface area contributed by atoms with Gasteiger partial charge in [-0.05, 0) is 33.6 Å². The van der Waals surface area contributed by atoms with Gasteiger partial charge >= 0.3 is 6.09 Å². The third-order valence-electron chi connectivity index (χ3n) is 3.62. The van der Waals surface area contributed by atoms with Crippen molar-refractivity contribution in [2.24, 2.45) is 5.41 Å². The molecule has 1 aliphatic carbocycles. The Morgan fingerprint density at radius 3 is 2.39 bits per heavy atom. The number of hydrogen-bond acceptors (Lipinski definition) is 2. The molecular weight excluding hydrogens is 228 g/mol. The van der Waals surface area contributed by atoms with E-state index in [1.54, 1.807) is 0 Å². The predicted octanol–water partition coefficient (Wildman–Crippen LogP) is 3.41. The van der Waals surface area contributed by atoms with E-state index in [0.29, 0.717) is 6.54 Å². The number of nitriles is 1. The largest absolute Gasteiger partial charge is 0.465 e. The molecule has 4 heteroatoms. The highest BCUT2D eigenvalue weighted by Gasteiger charge is 2.38. The second-order valence-corrected chi connectivity index (χ2v) is 6.07. The summed E-state index contributed by atoms with van der Waals surface area (Å²) in [6, 6.07) is 2.01. The SMILES string of the molecule is CC(C)(C)N(CC1(C=CC#N)CCCC1)C(=O)O. The van der Waals surface area contributed by atoms with Crippen LogP contribution in [-0.2, 0) is 0 Å². The van der Waals surface area contributed by atoms with Crippen LogP contribution >= 0.6 is 0 Å². The Morgan fingerprint density at radius 2 is 2.00 bits per heavy atom. The van der Waals surface area contributed by atoms with Crippen molar-refractivity contribution in [3.63, 3.8) is 0 Å². The molecule has 18 heavy (non-hydrogen) atoms. The summed E-state index contributed by atoms with van der Waals surface area (Å²) in [7, 11) is 0. The van der Waals surface area contributed by atoms with Crippen LogP contribution in [-0.4, -0.2) is 28.2 Å². The molecule has 4 nitrogen and oxygen atoms in total. The van der Waals surface area contributed by atoms with Crippen LogP contribution in [0.5, 0.6) is 0 Å². The number of allylic oxidation sites excluding steroid dienone is 1. The number of carboxylic acid groups (broad SMARTS) is 1. The lowest BCUT2D eigenvalue weighted by molar-refractivity contribution is 0.0766. The molecule has 0 spiro atoms. The van der Waals surface area contributed by atoms with Gasteiger partial charge in [-0.25, -0.2) is 4.79 Å². The van der Waals surface area contributed by atoms with Crippen LogP contribution in [0.3, 0.4) is 0 Å². The number of nitrogens with zero attached hydrogens (tertiary/aromatic N) is 2. The van der Waals surface area contributed by atoms with Gasteiger partial charge in [0.1, 0.15) is 0 Å². The van der Waals surface area contributed by atoms with E-state index < -0.39 is 11.6 Å².